The average Bonchev–Trinajstić information content (AvgIpc) is 2.89. The molecule has 0 atom stereocenters. The lowest BCUT2D eigenvalue weighted by Gasteiger charge is -2.02. The maximum absolute atomic E-state index is 11.2. The molecule has 0 spiro atoms. The highest BCUT2D eigenvalue weighted by Crippen LogP contribution is 2.18. The highest BCUT2D eigenvalue weighted by Gasteiger charge is 2.08. The smallest absolute Gasteiger partial charge is 0.287 e. The minimum Gasteiger partial charge on any atom is -0.289 e. The second-order valence-electron chi connectivity index (χ2n) is 4.00. The minimum atomic E-state index is -0.433. The number of rotatable bonds is 5. The Balaban J connectivity index is 1.84. The van der Waals surface area contributed by atoms with Crippen LogP contribution in [0.25, 0.3) is 0 Å². The van der Waals surface area contributed by atoms with E-state index in [4.69, 9.17) is 5.84 Å². The number of benzene rings is 1. The van der Waals surface area contributed by atoms with Gasteiger partial charge in [-0.25, -0.2) is 5.84 Å². The Morgan fingerprint density at radius 3 is 2.84 bits per heavy atom. The van der Waals surface area contributed by atoms with Crippen molar-refractivity contribution in [2.45, 2.75) is 18.4 Å². The molecule has 0 bridgehead atoms. The van der Waals surface area contributed by atoms with Gasteiger partial charge in [0.2, 0.25) is 0 Å². The molecular weight excluding hydrogens is 262 g/mol. The lowest BCUT2D eigenvalue weighted by molar-refractivity contribution is 0.0948. The summed E-state index contributed by atoms with van der Waals surface area (Å²) in [5.74, 6) is 5.45. The first-order valence-electron chi connectivity index (χ1n) is 5.79. The zero-order valence-electron chi connectivity index (χ0n) is 10.5. The summed E-state index contributed by atoms with van der Waals surface area (Å²) in [6.07, 6.45) is 1.58. The minimum absolute atomic E-state index is 0.225. The fourth-order valence-electron chi connectivity index (χ4n) is 1.48. The maximum Gasteiger partial charge on any atom is 0.287 e. The Morgan fingerprint density at radius 1 is 1.42 bits per heavy atom. The number of amides is 1. The van der Waals surface area contributed by atoms with Gasteiger partial charge in [-0.2, -0.15) is 0 Å². The Labute approximate surface area is 115 Å². The van der Waals surface area contributed by atoms with Gasteiger partial charge in [-0.05, 0) is 19.1 Å². The molecule has 0 aliphatic rings. The van der Waals surface area contributed by atoms with Gasteiger partial charge >= 0.3 is 0 Å². The molecule has 0 radical (unpaired) electrons. The number of nitrogens with one attached hydrogen (secondary N) is 1. The Bertz CT molecular complexity index is 552. The molecule has 100 valence electrons. The highest BCUT2D eigenvalue weighted by molar-refractivity contribution is 7.99. The Hall–Kier alpha value is -1.86. The Kier molecular flexibility index (Phi) is 4.53. The number of nitrogens with two attached hydrogens (primary N) is 1. The van der Waals surface area contributed by atoms with Gasteiger partial charge in [-0.3, -0.25) is 14.9 Å². The van der Waals surface area contributed by atoms with Crippen LogP contribution in [0.1, 0.15) is 16.1 Å². The molecule has 0 unspecified atom stereocenters. The second-order valence-corrected chi connectivity index (χ2v) is 5.17. The van der Waals surface area contributed by atoms with Crippen LogP contribution in [0.2, 0.25) is 0 Å². The zero-order valence-corrected chi connectivity index (χ0v) is 11.4. The van der Waals surface area contributed by atoms with E-state index in [-0.39, 0.29) is 5.69 Å². The van der Waals surface area contributed by atoms with Crippen LogP contribution in [0.3, 0.4) is 0 Å². The van der Waals surface area contributed by atoms with E-state index >= 15 is 0 Å². The number of nitrogen functional groups attached to an aromatic ring is 1. The van der Waals surface area contributed by atoms with Gasteiger partial charge in [0.1, 0.15) is 0 Å². The summed E-state index contributed by atoms with van der Waals surface area (Å²) in [6, 6.07) is 8.35. The third-order valence-electron chi connectivity index (χ3n) is 2.51. The number of carbonyl (C=O) groups is 1. The lowest BCUT2D eigenvalue weighted by atomic mass is 10.2. The molecule has 6 nitrogen and oxygen atoms in total. The summed E-state index contributed by atoms with van der Waals surface area (Å²) in [6.45, 7) is 2.75. The van der Waals surface area contributed by atoms with Crippen LogP contribution in [-0.2, 0) is 6.54 Å². The van der Waals surface area contributed by atoms with Crippen LogP contribution in [0.15, 0.2) is 35.4 Å². The SMILES string of the molecule is Cc1ccc(SCCn2cc(C(=O)NN)nn2)cc1. The standard InChI is InChI=1S/C12H15N5OS/c1-9-2-4-10(5-3-9)19-7-6-17-8-11(15-16-17)12(18)14-13/h2-5,8H,6-7,13H2,1H3,(H,14,18). The summed E-state index contributed by atoms with van der Waals surface area (Å²) in [7, 11) is 0. The van der Waals surface area contributed by atoms with Crippen LogP contribution >= 0.6 is 11.8 Å². The van der Waals surface area contributed by atoms with Gasteiger partial charge in [0, 0.05) is 10.6 Å². The van der Waals surface area contributed by atoms with Gasteiger partial charge in [-0.1, -0.05) is 22.9 Å². The summed E-state index contributed by atoms with van der Waals surface area (Å²) >= 11 is 1.73. The molecule has 3 N–H and O–H groups in total. The lowest BCUT2D eigenvalue weighted by Crippen LogP contribution is -2.30. The first-order valence-corrected chi connectivity index (χ1v) is 6.78. The van der Waals surface area contributed by atoms with Gasteiger partial charge < -0.3 is 0 Å². The van der Waals surface area contributed by atoms with E-state index in [1.165, 1.54) is 10.5 Å². The van der Waals surface area contributed by atoms with E-state index in [0.29, 0.717) is 6.54 Å². The third kappa shape index (κ3) is 3.80. The molecule has 0 saturated carbocycles. The van der Waals surface area contributed by atoms with Crippen molar-refractivity contribution in [3.63, 3.8) is 0 Å². The highest BCUT2D eigenvalue weighted by atomic mass is 32.2. The van der Waals surface area contributed by atoms with Crippen molar-refractivity contribution < 1.29 is 4.79 Å². The summed E-state index contributed by atoms with van der Waals surface area (Å²) in [4.78, 5) is 12.4. The van der Waals surface area contributed by atoms with E-state index in [0.717, 1.165) is 5.75 Å². The molecule has 1 aromatic heterocycles. The number of hydrogen-bond acceptors (Lipinski definition) is 5. The van der Waals surface area contributed by atoms with Crippen molar-refractivity contribution in [2.24, 2.45) is 5.84 Å². The molecule has 0 fully saturated rings. The summed E-state index contributed by atoms with van der Waals surface area (Å²) in [5, 5.41) is 7.60. The van der Waals surface area contributed by atoms with E-state index in [1.54, 1.807) is 22.6 Å². The molecule has 7 heteroatoms. The molecule has 1 aromatic carbocycles. The molecule has 0 aliphatic carbocycles. The van der Waals surface area contributed by atoms with Crippen LogP contribution in [0.4, 0.5) is 0 Å². The third-order valence-corrected chi connectivity index (χ3v) is 3.50. The maximum atomic E-state index is 11.2. The number of thioether (sulfide) groups is 1. The number of carbonyl (C=O) groups excluding carboxylic acids is 1. The molecule has 19 heavy (non-hydrogen) atoms. The monoisotopic (exact) mass is 277 g/mol. The number of hydrogen-bond donors (Lipinski definition) is 2. The molecule has 1 heterocycles. The zero-order chi connectivity index (χ0) is 13.7. The van der Waals surface area contributed by atoms with Crippen LogP contribution in [0.5, 0.6) is 0 Å². The van der Waals surface area contributed by atoms with E-state index in [2.05, 4.69) is 41.5 Å². The van der Waals surface area contributed by atoms with E-state index in [1.807, 2.05) is 5.43 Å². The fourth-order valence-corrected chi connectivity index (χ4v) is 2.32. The van der Waals surface area contributed by atoms with Crippen molar-refractivity contribution in [1.29, 1.82) is 0 Å². The van der Waals surface area contributed by atoms with E-state index in [9.17, 15) is 4.79 Å². The van der Waals surface area contributed by atoms with Gasteiger partial charge in [0.05, 0.1) is 12.7 Å². The average molecular weight is 277 g/mol. The molecule has 2 rings (SSSR count). The number of aryl methyl sites for hydroxylation is 2. The topological polar surface area (TPSA) is 85.8 Å². The van der Waals surface area contributed by atoms with Gasteiger partial charge in [0.25, 0.3) is 5.91 Å². The summed E-state index contributed by atoms with van der Waals surface area (Å²) < 4.78 is 1.63. The van der Waals surface area contributed by atoms with Crippen molar-refractivity contribution in [1.82, 2.24) is 20.4 Å². The molecule has 0 saturated heterocycles. The van der Waals surface area contributed by atoms with Crippen molar-refractivity contribution in [2.75, 3.05) is 5.75 Å². The molecule has 2 aromatic rings. The predicted octanol–water partition coefficient (Wildman–Crippen LogP) is 0.982. The predicted molar refractivity (Wildman–Crippen MR) is 73.6 cm³/mol. The normalized spacial score (nSPS) is 10.4. The second kappa shape index (κ2) is 6.35. The molecular formula is C12H15N5OS. The fraction of sp³-hybridized carbons (Fsp3) is 0.250. The van der Waals surface area contributed by atoms with Crippen molar-refractivity contribution >= 4 is 17.7 Å². The first-order chi connectivity index (χ1) is 9.19. The van der Waals surface area contributed by atoms with Crippen molar-refractivity contribution in [3.8, 4) is 0 Å². The molecule has 1 amide bonds. The summed E-state index contributed by atoms with van der Waals surface area (Å²) in [5.41, 5.74) is 3.49. The van der Waals surface area contributed by atoms with Crippen LogP contribution in [-0.4, -0.2) is 26.7 Å². The molecule has 0 aliphatic heterocycles. The number of hydrazine groups is 1. The number of nitrogens with zero attached hydrogens (tertiary/aromatic N) is 3. The quantitative estimate of drug-likeness (QED) is 0.368. The first kappa shape index (κ1) is 13.6. The number of aromatic nitrogens is 3. The van der Waals surface area contributed by atoms with Crippen LogP contribution < -0.4 is 11.3 Å². The van der Waals surface area contributed by atoms with E-state index < -0.39 is 5.91 Å². The van der Waals surface area contributed by atoms with Gasteiger partial charge in [0.15, 0.2) is 5.69 Å². The van der Waals surface area contributed by atoms with Crippen LogP contribution in [0, 0.1) is 6.92 Å². The Morgan fingerprint density at radius 2 is 2.16 bits per heavy atom. The van der Waals surface area contributed by atoms with Crippen molar-refractivity contribution in [3.05, 3.63) is 41.7 Å². The van der Waals surface area contributed by atoms with Gasteiger partial charge in [-0.15, -0.1) is 16.9 Å². The largest absolute Gasteiger partial charge is 0.289 e.